The molecule has 2 rings (SSSR count). The molecule has 1 aromatic heterocycles. The lowest BCUT2D eigenvalue weighted by atomic mass is 10.1. The number of benzene rings is 1. The normalized spacial score (nSPS) is 10.6. The highest BCUT2D eigenvalue weighted by Crippen LogP contribution is 2.24. The third-order valence-corrected chi connectivity index (χ3v) is 3.95. The lowest BCUT2D eigenvalue weighted by molar-refractivity contribution is 0.102. The largest absolute Gasteiger partial charge is 0.351 e. The summed E-state index contributed by atoms with van der Waals surface area (Å²) in [4.78, 5) is 12.3. The van der Waals surface area contributed by atoms with Crippen molar-refractivity contribution in [2.24, 2.45) is 7.05 Å². The van der Waals surface area contributed by atoms with E-state index in [1.54, 1.807) is 0 Å². The zero-order valence-corrected chi connectivity index (χ0v) is 12.3. The van der Waals surface area contributed by atoms with Gasteiger partial charge in [0.15, 0.2) is 0 Å². The van der Waals surface area contributed by atoms with Crippen LogP contribution in [0.15, 0.2) is 24.3 Å². The summed E-state index contributed by atoms with van der Waals surface area (Å²) in [6, 6.07) is 7.38. The van der Waals surface area contributed by atoms with Crippen LogP contribution in [0.3, 0.4) is 0 Å². The molecule has 2 aromatic rings. The monoisotopic (exact) mass is 276 g/mol. The molecule has 0 spiro atoms. The Labute approximate surface area is 118 Å². The highest BCUT2D eigenvalue weighted by molar-refractivity contribution is 6.31. The van der Waals surface area contributed by atoms with Gasteiger partial charge >= 0.3 is 0 Å². The van der Waals surface area contributed by atoms with Crippen LogP contribution in [0.1, 0.15) is 27.3 Å². The number of aryl methyl sites for hydroxylation is 1. The smallest absolute Gasteiger partial charge is 0.257 e. The van der Waals surface area contributed by atoms with Gasteiger partial charge in [0.05, 0.1) is 5.56 Å². The number of carbonyl (C=O) groups excluding carboxylic acids is 1. The Morgan fingerprint density at radius 1 is 1.26 bits per heavy atom. The predicted octanol–water partition coefficient (Wildman–Crippen LogP) is 3.86. The van der Waals surface area contributed by atoms with Crippen LogP contribution in [-0.2, 0) is 7.05 Å². The van der Waals surface area contributed by atoms with Gasteiger partial charge in [-0.1, -0.05) is 17.7 Å². The number of carbonyl (C=O) groups is 1. The van der Waals surface area contributed by atoms with Crippen molar-refractivity contribution in [2.45, 2.75) is 20.8 Å². The summed E-state index contributed by atoms with van der Waals surface area (Å²) >= 11 is 6.05. The average molecular weight is 277 g/mol. The standard InChI is InChI=1S/C15H17ClN2O/c1-9-8-12(11(3)18(9)4)15(19)17-14-7-5-6-13(16)10(14)2/h5-8H,1-4H3,(H,17,19). The molecule has 19 heavy (non-hydrogen) atoms. The van der Waals surface area contributed by atoms with Crippen molar-refractivity contribution in [1.29, 1.82) is 0 Å². The van der Waals surface area contributed by atoms with Gasteiger partial charge in [0.25, 0.3) is 5.91 Å². The highest BCUT2D eigenvalue weighted by Gasteiger charge is 2.15. The van der Waals surface area contributed by atoms with E-state index in [0.29, 0.717) is 10.6 Å². The lowest BCUT2D eigenvalue weighted by Gasteiger charge is -2.09. The van der Waals surface area contributed by atoms with Crippen LogP contribution in [0, 0.1) is 20.8 Å². The molecule has 0 saturated heterocycles. The zero-order chi connectivity index (χ0) is 14.2. The van der Waals surface area contributed by atoms with Crippen LogP contribution in [-0.4, -0.2) is 10.5 Å². The van der Waals surface area contributed by atoms with Crippen LogP contribution >= 0.6 is 11.6 Å². The van der Waals surface area contributed by atoms with E-state index >= 15 is 0 Å². The molecule has 1 aromatic carbocycles. The van der Waals surface area contributed by atoms with E-state index in [4.69, 9.17) is 11.6 Å². The van der Waals surface area contributed by atoms with Crippen molar-refractivity contribution in [3.8, 4) is 0 Å². The van der Waals surface area contributed by atoms with Crippen LogP contribution in [0.4, 0.5) is 5.69 Å². The van der Waals surface area contributed by atoms with Crippen LogP contribution < -0.4 is 5.32 Å². The summed E-state index contributed by atoms with van der Waals surface area (Å²) in [7, 11) is 1.95. The van der Waals surface area contributed by atoms with Crippen LogP contribution in [0.5, 0.6) is 0 Å². The minimum atomic E-state index is -0.105. The van der Waals surface area contributed by atoms with E-state index in [1.807, 2.05) is 56.7 Å². The molecule has 0 aliphatic rings. The molecule has 4 heteroatoms. The maximum Gasteiger partial charge on any atom is 0.257 e. The molecule has 0 aliphatic carbocycles. The summed E-state index contributed by atoms with van der Waals surface area (Å²) in [5, 5.41) is 3.56. The van der Waals surface area contributed by atoms with Crippen molar-refractivity contribution in [3.05, 3.63) is 51.8 Å². The van der Waals surface area contributed by atoms with E-state index in [2.05, 4.69) is 5.32 Å². The molecule has 1 heterocycles. The number of nitrogens with zero attached hydrogens (tertiary/aromatic N) is 1. The van der Waals surface area contributed by atoms with Gasteiger partial charge in [0.1, 0.15) is 0 Å². The number of hydrogen-bond donors (Lipinski definition) is 1. The number of halogens is 1. The average Bonchev–Trinajstić information content (AvgIpc) is 2.63. The second-order valence-corrected chi connectivity index (χ2v) is 5.12. The van der Waals surface area contributed by atoms with E-state index in [-0.39, 0.29) is 5.91 Å². The number of nitrogens with one attached hydrogen (secondary N) is 1. The fraction of sp³-hybridized carbons (Fsp3) is 0.267. The number of aromatic nitrogens is 1. The molecular formula is C15H17ClN2O. The maximum absolute atomic E-state index is 12.3. The Morgan fingerprint density at radius 3 is 2.53 bits per heavy atom. The molecule has 0 unspecified atom stereocenters. The Morgan fingerprint density at radius 2 is 1.95 bits per heavy atom. The van der Waals surface area contributed by atoms with E-state index in [9.17, 15) is 4.79 Å². The van der Waals surface area contributed by atoms with Gasteiger partial charge in [-0.15, -0.1) is 0 Å². The van der Waals surface area contributed by atoms with Crippen molar-refractivity contribution >= 4 is 23.2 Å². The molecule has 1 amide bonds. The number of anilines is 1. The molecule has 0 fully saturated rings. The van der Waals surface area contributed by atoms with Gasteiger partial charge in [0.2, 0.25) is 0 Å². The first-order valence-electron chi connectivity index (χ1n) is 6.11. The first-order chi connectivity index (χ1) is 8.91. The SMILES string of the molecule is Cc1c(Cl)cccc1NC(=O)c1cc(C)n(C)c1C. The Bertz CT molecular complexity index is 644. The molecule has 0 radical (unpaired) electrons. The van der Waals surface area contributed by atoms with Gasteiger partial charge in [0, 0.05) is 29.1 Å². The van der Waals surface area contributed by atoms with Gasteiger partial charge in [-0.05, 0) is 44.5 Å². The summed E-state index contributed by atoms with van der Waals surface area (Å²) < 4.78 is 2.00. The minimum Gasteiger partial charge on any atom is -0.351 e. The number of amides is 1. The zero-order valence-electron chi connectivity index (χ0n) is 11.5. The molecule has 0 bridgehead atoms. The predicted molar refractivity (Wildman–Crippen MR) is 79.0 cm³/mol. The molecular weight excluding hydrogens is 260 g/mol. The summed E-state index contributed by atoms with van der Waals surface area (Å²) in [5.41, 5.74) is 4.33. The summed E-state index contributed by atoms with van der Waals surface area (Å²) in [6.07, 6.45) is 0. The fourth-order valence-electron chi connectivity index (χ4n) is 2.02. The molecule has 0 aliphatic heterocycles. The molecule has 3 nitrogen and oxygen atoms in total. The Hall–Kier alpha value is -1.74. The van der Waals surface area contributed by atoms with Crippen molar-refractivity contribution in [2.75, 3.05) is 5.32 Å². The van der Waals surface area contributed by atoms with Crippen molar-refractivity contribution < 1.29 is 4.79 Å². The third kappa shape index (κ3) is 2.51. The first kappa shape index (κ1) is 13.7. The van der Waals surface area contributed by atoms with E-state index in [1.165, 1.54) is 0 Å². The second-order valence-electron chi connectivity index (χ2n) is 4.71. The van der Waals surface area contributed by atoms with Gasteiger partial charge in [-0.2, -0.15) is 0 Å². The van der Waals surface area contributed by atoms with Crippen LogP contribution in [0.2, 0.25) is 5.02 Å². The molecule has 0 atom stereocenters. The summed E-state index contributed by atoms with van der Waals surface area (Å²) in [6.45, 7) is 5.81. The minimum absolute atomic E-state index is 0.105. The first-order valence-corrected chi connectivity index (χ1v) is 6.49. The fourth-order valence-corrected chi connectivity index (χ4v) is 2.19. The van der Waals surface area contributed by atoms with Gasteiger partial charge in [-0.3, -0.25) is 4.79 Å². The van der Waals surface area contributed by atoms with Crippen molar-refractivity contribution in [3.63, 3.8) is 0 Å². The number of rotatable bonds is 2. The van der Waals surface area contributed by atoms with Gasteiger partial charge in [-0.25, -0.2) is 0 Å². The van der Waals surface area contributed by atoms with Crippen LogP contribution in [0.25, 0.3) is 0 Å². The van der Waals surface area contributed by atoms with E-state index < -0.39 is 0 Å². The Kier molecular flexibility index (Phi) is 3.67. The van der Waals surface area contributed by atoms with Gasteiger partial charge < -0.3 is 9.88 Å². The summed E-state index contributed by atoms with van der Waals surface area (Å²) in [5.74, 6) is -0.105. The highest BCUT2D eigenvalue weighted by atomic mass is 35.5. The second kappa shape index (κ2) is 5.10. The molecule has 0 saturated carbocycles. The topological polar surface area (TPSA) is 34.0 Å². The lowest BCUT2D eigenvalue weighted by Crippen LogP contribution is -2.13. The quantitative estimate of drug-likeness (QED) is 0.888. The third-order valence-electron chi connectivity index (χ3n) is 3.54. The number of hydrogen-bond acceptors (Lipinski definition) is 1. The Balaban J connectivity index is 2.31. The van der Waals surface area contributed by atoms with Crippen molar-refractivity contribution in [1.82, 2.24) is 4.57 Å². The molecule has 100 valence electrons. The van der Waals surface area contributed by atoms with E-state index in [0.717, 1.165) is 22.6 Å². The maximum atomic E-state index is 12.3. The molecule has 1 N–H and O–H groups in total.